The van der Waals surface area contributed by atoms with Crippen LogP contribution in [0.2, 0.25) is 0 Å². The molecule has 0 spiro atoms. The molecule has 0 radical (unpaired) electrons. The molecule has 2 saturated heterocycles. The first-order valence-electron chi connectivity index (χ1n) is 6.16. The standard InChI is InChI=1S/C12H24N2/c1-9(2)11-5-4-6-14(11)12-8-13-7-10(12)3/h9-13H,4-8H2,1-3H3. The van der Waals surface area contributed by atoms with Gasteiger partial charge in [0.25, 0.3) is 0 Å². The van der Waals surface area contributed by atoms with Crippen molar-refractivity contribution in [2.75, 3.05) is 19.6 Å². The maximum atomic E-state index is 3.52. The van der Waals surface area contributed by atoms with E-state index < -0.39 is 0 Å². The molecule has 3 atom stereocenters. The van der Waals surface area contributed by atoms with Crippen LogP contribution in [-0.2, 0) is 0 Å². The Morgan fingerprint density at radius 1 is 1.29 bits per heavy atom. The lowest BCUT2D eigenvalue weighted by Gasteiger charge is -2.34. The van der Waals surface area contributed by atoms with E-state index >= 15 is 0 Å². The molecule has 0 saturated carbocycles. The van der Waals surface area contributed by atoms with Crippen LogP contribution in [0.1, 0.15) is 33.6 Å². The Morgan fingerprint density at radius 3 is 2.64 bits per heavy atom. The molecule has 0 amide bonds. The average Bonchev–Trinajstić information content (AvgIpc) is 2.70. The van der Waals surface area contributed by atoms with Crippen LogP contribution in [0.25, 0.3) is 0 Å². The highest BCUT2D eigenvalue weighted by atomic mass is 15.2. The van der Waals surface area contributed by atoms with Gasteiger partial charge in [-0.2, -0.15) is 0 Å². The second-order valence-electron chi connectivity index (χ2n) is 5.39. The summed E-state index contributed by atoms with van der Waals surface area (Å²) in [6.07, 6.45) is 2.83. The zero-order chi connectivity index (χ0) is 10.1. The molecule has 2 heterocycles. The lowest BCUT2D eigenvalue weighted by Crippen LogP contribution is -2.45. The zero-order valence-electron chi connectivity index (χ0n) is 9.79. The summed E-state index contributed by atoms with van der Waals surface area (Å²) in [5.74, 6) is 1.67. The van der Waals surface area contributed by atoms with Crippen molar-refractivity contribution in [1.82, 2.24) is 10.2 Å². The fourth-order valence-corrected chi connectivity index (χ4v) is 3.18. The number of nitrogens with zero attached hydrogens (tertiary/aromatic N) is 1. The van der Waals surface area contributed by atoms with Crippen molar-refractivity contribution in [2.45, 2.75) is 45.7 Å². The quantitative estimate of drug-likeness (QED) is 0.723. The Morgan fingerprint density at radius 2 is 2.07 bits per heavy atom. The van der Waals surface area contributed by atoms with E-state index in [0.717, 1.165) is 23.9 Å². The van der Waals surface area contributed by atoms with Gasteiger partial charge >= 0.3 is 0 Å². The van der Waals surface area contributed by atoms with Crippen molar-refractivity contribution in [3.8, 4) is 0 Å². The predicted octanol–water partition coefficient (Wildman–Crippen LogP) is 1.71. The van der Waals surface area contributed by atoms with E-state index in [1.54, 1.807) is 0 Å². The van der Waals surface area contributed by atoms with Gasteiger partial charge in [-0.3, -0.25) is 4.90 Å². The lowest BCUT2D eigenvalue weighted by atomic mass is 9.98. The van der Waals surface area contributed by atoms with Gasteiger partial charge < -0.3 is 5.32 Å². The van der Waals surface area contributed by atoms with Crippen molar-refractivity contribution >= 4 is 0 Å². The Kier molecular flexibility index (Phi) is 3.13. The third kappa shape index (κ3) is 1.82. The van der Waals surface area contributed by atoms with Gasteiger partial charge in [-0.25, -0.2) is 0 Å². The molecule has 2 aliphatic heterocycles. The maximum Gasteiger partial charge on any atom is 0.0261 e. The van der Waals surface area contributed by atoms with Crippen LogP contribution in [0.3, 0.4) is 0 Å². The van der Waals surface area contributed by atoms with Gasteiger partial charge in [-0.1, -0.05) is 20.8 Å². The van der Waals surface area contributed by atoms with E-state index in [0.29, 0.717) is 0 Å². The maximum absolute atomic E-state index is 3.52. The number of rotatable bonds is 2. The molecule has 2 heteroatoms. The van der Waals surface area contributed by atoms with Gasteiger partial charge in [0.05, 0.1) is 0 Å². The van der Waals surface area contributed by atoms with Gasteiger partial charge in [0.1, 0.15) is 0 Å². The third-order valence-corrected chi connectivity index (χ3v) is 4.01. The van der Waals surface area contributed by atoms with E-state index in [1.165, 1.54) is 32.5 Å². The van der Waals surface area contributed by atoms with E-state index in [9.17, 15) is 0 Å². The smallest absolute Gasteiger partial charge is 0.0261 e. The van der Waals surface area contributed by atoms with Crippen LogP contribution in [-0.4, -0.2) is 36.6 Å². The first-order chi connectivity index (χ1) is 6.70. The summed E-state index contributed by atoms with van der Waals surface area (Å²) in [4.78, 5) is 2.77. The predicted molar refractivity (Wildman–Crippen MR) is 60.4 cm³/mol. The molecule has 2 fully saturated rings. The second-order valence-corrected chi connectivity index (χ2v) is 5.39. The van der Waals surface area contributed by atoms with E-state index in [1.807, 2.05) is 0 Å². The molecule has 82 valence electrons. The number of hydrogen-bond acceptors (Lipinski definition) is 2. The first kappa shape index (κ1) is 10.4. The number of hydrogen-bond donors (Lipinski definition) is 1. The second kappa shape index (κ2) is 4.19. The van der Waals surface area contributed by atoms with Crippen molar-refractivity contribution in [3.05, 3.63) is 0 Å². The third-order valence-electron chi connectivity index (χ3n) is 4.01. The summed E-state index contributed by atoms with van der Waals surface area (Å²) in [7, 11) is 0. The number of nitrogens with one attached hydrogen (secondary N) is 1. The van der Waals surface area contributed by atoms with Crippen LogP contribution in [0.15, 0.2) is 0 Å². The lowest BCUT2D eigenvalue weighted by molar-refractivity contribution is 0.132. The minimum Gasteiger partial charge on any atom is -0.315 e. The fourth-order valence-electron chi connectivity index (χ4n) is 3.18. The molecular weight excluding hydrogens is 172 g/mol. The molecule has 0 aliphatic carbocycles. The average molecular weight is 196 g/mol. The van der Waals surface area contributed by atoms with Crippen molar-refractivity contribution in [3.63, 3.8) is 0 Å². The summed E-state index contributed by atoms with van der Waals surface area (Å²) < 4.78 is 0. The minimum atomic E-state index is 0.810. The summed E-state index contributed by atoms with van der Waals surface area (Å²) in [6, 6.07) is 1.66. The van der Waals surface area contributed by atoms with Crippen molar-refractivity contribution in [2.24, 2.45) is 11.8 Å². The SMILES string of the molecule is CC(C)C1CCCN1C1CNCC1C. The normalized spacial score (nSPS) is 39.9. The largest absolute Gasteiger partial charge is 0.315 e. The van der Waals surface area contributed by atoms with Crippen LogP contribution in [0.5, 0.6) is 0 Å². The number of likely N-dealkylation sites (tertiary alicyclic amines) is 1. The molecule has 2 rings (SSSR count). The van der Waals surface area contributed by atoms with E-state index in [2.05, 4.69) is 31.0 Å². The first-order valence-corrected chi connectivity index (χ1v) is 6.16. The highest BCUT2D eigenvalue weighted by molar-refractivity contribution is 4.93. The van der Waals surface area contributed by atoms with Crippen LogP contribution in [0, 0.1) is 11.8 Å². The van der Waals surface area contributed by atoms with Crippen LogP contribution >= 0.6 is 0 Å². The van der Waals surface area contributed by atoms with Crippen LogP contribution in [0.4, 0.5) is 0 Å². The molecule has 0 aromatic carbocycles. The van der Waals surface area contributed by atoms with E-state index in [-0.39, 0.29) is 0 Å². The van der Waals surface area contributed by atoms with Gasteiger partial charge in [0.15, 0.2) is 0 Å². The monoisotopic (exact) mass is 196 g/mol. The van der Waals surface area contributed by atoms with Crippen molar-refractivity contribution < 1.29 is 0 Å². The minimum absolute atomic E-state index is 0.810. The van der Waals surface area contributed by atoms with Crippen LogP contribution < -0.4 is 5.32 Å². The van der Waals surface area contributed by atoms with Crippen molar-refractivity contribution in [1.29, 1.82) is 0 Å². The summed E-state index contributed by atoms with van der Waals surface area (Å²) in [5, 5.41) is 3.52. The zero-order valence-corrected chi connectivity index (χ0v) is 9.79. The molecule has 0 aromatic rings. The summed E-state index contributed by atoms with van der Waals surface area (Å²) in [5.41, 5.74) is 0. The summed E-state index contributed by atoms with van der Waals surface area (Å²) >= 11 is 0. The fraction of sp³-hybridized carbons (Fsp3) is 1.00. The highest BCUT2D eigenvalue weighted by Gasteiger charge is 2.36. The Labute approximate surface area is 88.1 Å². The topological polar surface area (TPSA) is 15.3 Å². The molecule has 1 N–H and O–H groups in total. The van der Waals surface area contributed by atoms with Gasteiger partial charge in [-0.15, -0.1) is 0 Å². The van der Waals surface area contributed by atoms with Gasteiger partial charge in [0.2, 0.25) is 0 Å². The molecular formula is C12H24N2. The molecule has 0 aromatic heterocycles. The van der Waals surface area contributed by atoms with Gasteiger partial charge in [0, 0.05) is 18.6 Å². The molecule has 2 nitrogen and oxygen atoms in total. The molecule has 0 bridgehead atoms. The summed E-state index contributed by atoms with van der Waals surface area (Å²) in [6.45, 7) is 10.9. The molecule has 3 unspecified atom stereocenters. The van der Waals surface area contributed by atoms with Gasteiger partial charge in [-0.05, 0) is 37.8 Å². The van der Waals surface area contributed by atoms with E-state index in [4.69, 9.17) is 0 Å². The Bertz CT molecular complexity index is 191. The highest BCUT2D eigenvalue weighted by Crippen LogP contribution is 2.29. The Hall–Kier alpha value is -0.0800. The Balaban J connectivity index is 2.01. The molecule has 2 aliphatic rings. The molecule has 14 heavy (non-hydrogen) atoms.